The summed E-state index contributed by atoms with van der Waals surface area (Å²) in [6.07, 6.45) is 3.58. The maximum Gasteiger partial charge on any atom is 0.229 e. The summed E-state index contributed by atoms with van der Waals surface area (Å²) in [5.41, 5.74) is 1.12. The minimum absolute atomic E-state index is 0.530. The quantitative estimate of drug-likeness (QED) is 0.929. The van der Waals surface area contributed by atoms with Crippen molar-refractivity contribution in [3.8, 4) is 0 Å². The molecule has 0 aliphatic carbocycles. The van der Waals surface area contributed by atoms with Crippen LogP contribution in [0.25, 0.3) is 0 Å². The third-order valence-corrected chi connectivity index (χ3v) is 4.08. The molecule has 1 aliphatic rings. The molecule has 5 nitrogen and oxygen atoms in total. The zero-order valence-corrected chi connectivity index (χ0v) is 11.9. The standard InChI is InChI=1S/C13H17N5S/c1-9(2)18-7-10(8-18)11-3-4-14-12(16-11)17-13-15-5-6-19-13/h3-6,9-10H,7-8H2,1-2H3,(H,14,15,16,17). The molecule has 0 saturated carbocycles. The number of nitrogens with one attached hydrogen (secondary N) is 1. The minimum atomic E-state index is 0.530. The van der Waals surface area contributed by atoms with Crippen molar-refractivity contribution in [2.24, 2.45) is 0 Å². The van der Waals surface area contributed by atoms with Crippen LogP contribution in [0.4, 0.5) is 11.1 Å². The summed E-state index contributed by atoms with van der Waals surface area (Å²) in [5.74, 6) is 1.16. The first kappa shape index (κ1) is 12.5. The Morgan fingerprint density at radius 1 is 1.32 bits per heavy atom. The van der Waals surface area contributed by atoms with Crippen LogP contribution in [-0.4, -0.2) is 39.0 Å². The first-order valence-corrected chi connectivity index (χ1v) is 7.34. The molecule has 2 aromatic heterocycles. The lowest BCUT2D eigenvalue weighted by Gasteiger charge is -2.41. The Balaban J connectivity index is 1.67. The van der Waals surface area contributed by atoms with Crippen LogP contribution in [0.15, 0.2) is 23.8 Å². The maximum atomic E-state index is 4.58. The molecule has 6 heteroatoms. The Bertz CT molecular complexity index is 534. The van der Waals surface area contributed by atoms with Crippen LogP contribution in [0, 0.1) is 0 Å². The third-order valence-electron chi connectivity index (χ3n) is 3.39. The molecule has 1 N–H and O–H groups in total. The molecule has 0 unspecified atom stereocenters. The molecule has 0 amide bonds. The van der Waals surface area contributed by atoms with E-state index in [0.717, 1.165) is 23.9 Å². The average molecular weight is 275 g/mol. The second-order valence-electron chi connectivity index (χ2n) is 5.01. The van der Waals surface area contributed by atoms with Gasteiger partial charge in [-0.05, 0) is 19.9 Å². The monoisotopic (exact) mass is 275 g/mol. The Morgan fingerprint density at radius 3 is 2.84 bits per heavy atom. The first-order valence-electron chi connectivity index (χ1n) is 6.46. The molecule has 1 fully saturated rings. The molecule has 3 heterocycles. The number of rotatable bonds is 4. The lowest BCUT2D eigenvalue weighted by molar-refractivity contribution is 0.108. The highest BCUT2D eigenvalue weighted by Crippen LogP contribution is 2.27. The van der Waals surface area contributed by atoms with Gasteiger partial charge in [-0.25, -0.2) is 15.0 Å². The largest absolute Gasteiger partial charge is 0.300 e. The number of nitrogens with zero attached hydrogens (tertiary/aromatic N) is 4. The van der Waals surface area contributed by atoms with Gasteiger partial charge in [-0.2, -0.15) is 0 Å². The fourth-order valence-corrected chi connectivity index (χ4v) is 2.68. The highest BCUT2D eigenvalue weighted by Gasteiger charge is 2.30. The van der Waals surface area contributed by atoms with Gasteiger partial charge >= 0.3 is 0 Å². The van der Waals surface area contributed by atoms with Crippen LogP contribution in [0.2, 0.25) is 0 Å². The molecular weight excluding hydrogens is 258 g/mol. The van der Waals surface area contributed by atoms with E-state index in [1.54, 1.807) is 17.5 Å². The zero-order valence-electron chi connectivity index (χ0n) is 11.1. The number of likely N-dealkylation sites (tertiary alicyclic amines) is 1. The van der Waals surface area contributed by atoms with Crippen LogP contribution < -0.4 is 5.32 Å². The van der Waals surface area contributed by atoms with Gasteiger partial charge < -0.3 is 5.32 Å². The van der Waals surface area contributed by atoms with E-state index < -0.39 is 0 Å². The van der Waals surface area contributed by atoms with Gasteiger partial charge in [-0.3, -0.25) is 4.90 Å². The van der Waals surface area contributed by atoms with Crippen molar-refractivity contribution in [2.45, 2.75) is 25.8 Å². The highest BCUT2D eigenvalue weighted by molar-refractivity contribution is 7.13. The third kappa shape index (κ3) is 2.74. The van der Waals surface area contributed by atoms with Crippen LogP contribution in [0.3, 0.4) is 0 Å². The summed E-state index contributed by atoms with van der Waals surface area (Å²) >= 11 is 1.55. The summed E-state index contributed by atoms with van der Waals surface area (Å²) in [4.78, 5) is 15.4. The molecule has 2 aromatic rings. The Hall–Kier alpha value is -1.53. The molecule has 0 atom stereocenters. The van der Waals surface area contributed by atoms with E-state index in [4.69, 9.17) is 0 Å². The Kier molecular flexibility index (Phi) is 3.44. The van der Waals surface area contributed by atoms with E-state index >= 15 is 0 Å². The average Bonchev–Trinajstić information content (AvgIpc) is 2.80. The van der Waals surface area contributed by atoms with E-state index in [1.165, 1.54) is 0 Å². The van der Waals surface area contributed by atoms with E-state index in [2.05, 4.69) is 39.0 Å². The van der Waals surface area contributed by atoms with Gasteiger partial charge in [0.05, 0.1) is 5.69 Å². The number of hydrogen-bond acceptors (Lipinski definition) is 6. The van der Waals surface area contributed by atoms with Crippen molar-refractivity contribution in [1.82, 2.24) is 19.9 Å². The van der Waals surface area contributed by atoms with Crippen molar-refractivity contribution >= 4 is 22.4 Å². The SMILES string of the molecule is CC(C)N1CC(c2ccnc(Nc3nccs3)n2)C1. The van der Waals surface area contributed by atoms with Gasteiger partial charge in [0.1, 0.15) is 0 Å². The molecule has 0 spiro atoms. The number of anilines is 2. The van der Waals surface area contributed by atoms with E-state index in [9.17, 15) is 0 Å². The predicted molar refractivity (Wildman–Crippen MR) is 76.9 cm³/mol. The smallest absolute Gasteiger partial charge is 0.229 e. The topological polar surface area (TPSA) is 53.9 Å². The van der Waals surface area contributed by atoms with Crippen molar-refractivity contribution in [2.75, 3.05) is 18.4 Å². The summed E-state index contributed by atoms with van der Waals surface area (Å²) in [5, 5.41) is 5.89. The van der Waals surface area contributed by atoms with Crippen LogP contribution in [0.1, 0.15) is 25.5 Å². The van der Waals surface area contributed by atoms with Gasteiger partial charge in [0.25, 0.3) is 0 Å². The van der Waals surface area contributed by atoms with Crippen LogP contribution >= 0.6 is 11.3 Å². The lowest BCUT2D eigenvalue weighted by atomic mass is 9.94. The van der Waals surface area contributed by atoms with Crippen molar-refractivity contribution in [3.63, 3.8) is 0 Å². The second-order valence-corrected chi connectivity index (χ2v) is 5.91. The number of hydrogen-bond donors (Lipinski definition) is 1. The normalized spacial score (nSPS) is 16.6. The Morgan fingerprint density at radius 2 is 2.16 bits per heavy atom. The van der Waals surface area contributed by atoms with E-state index in [0.29, 0.717) is 17.9 Å². The molecule has 3 rings (SSSR count). The van der Waals surface area contributed by atoms with Gasteiger partial charge in [-0.15, -0.1) is 11.3 Å². The van der Waals surface area contributed by atoms with Gasteiger partial charge in [-0.1, -0.05) is 0 Å². The van der Waals surface area contributed by atoms with Gasteiger partial charge in [0.15, 0.2) is 5.13 Å². The second kappa shape index (κ2) is 5.22. The van der Waals surface area contributed by atoms with Gasteiger partial charge in [0, 0.05) is 42.8 Å². The molecule has 1 saturated heterocycles. The molecule has 0 bridgehead atoms. The fourth-order valence-electron chi connectivity index (χ4n) is 2.16. The summed E-state index contributed by atoms with van der Waals surface area (Å²) in [6, 6.07) is 2.63. The van der Waals surface area contributed by atoms with Crippen LogP contribution in [0.5, 0.6) is 0 Å². The molecule has 0 aromatic carbocycles. The first-order chi connectivity index (χ1) is 9.22. The summed E-state index contributed by atoms with van der Waals surface area (Å²) < 4.78 is 0. The van der Waals surface area contributed by atoms with Gasteiger partial charge in [0.2, 0.25) is 5.95 Å². The summed E-state index contributed by atoms with van der Waals surface area (Å²) in [6.45, 7) is 6.63. The zero-order chi connectivity index (χ0) is 13.2. The summed E-state index contributed by atoms with van der Waals surface area (Å²) in [7, 11) is 0. The molecule has 100 valence electrons. The lowest BCUT2D eigenvalue weighted by Crippen LogP contribution is -2.48. The molecule has 1 aliphatic heterocycles. The molecular formula is C13H17N5S. The van der Waals surface area contributed by atoms with Crippen LogP contribution in [-0.2, 0) is 0 Å². The number of thiazole rings is 1. The number of aromatic nitrogens is 3. The highest BCUT2D eigenvalue weighted by atomic mass is 32.1. The molecule has 0 radical (unpaired) electrons. The predicted octanol–water partition coefficient (Wildman–Crippen LogP) is 2.48. The van der Waals surface area contributed by atoms with Crippen molar-refractivity contribution < 1.29 is 0 Å². The Labute approximate surface area is 116 Å². The minimum Gasteiger partial charge on any atom is -0.300 e. The van der Waals surface area contributed by atoms with Crippen molar-refractivity contribution in [1.29, 1.82) is 0 Å². The van der Waals surface area contributed by atoms with E-state index in [1.807, 2.05) is 17.6 Å². The van der Waals surface area contributed by atoms with E-state index in [-0.39, 0.29) is 0 Å². The van der Waals surface area contributed by atoms with Crippen molar-refractivity contribution in [3.05, 3.63) is 29.5 Å². The molecule has 19 heavy (non-hydrogen) atoms. The fraction of sp³-hybridized carbons (Fsp3) is 0.462. The maximum absolute atomic E-state index is 4.58.